The number of Topliss-reactive ketones (excluding diaryl/α,β-unsaturated/α-hetero) is 1. The molecule has 0 radical (unpaired) electrons. The number of rotatable bonds is 4. The molecule has 0 aromatic rings. The lowest BCUT2D eigenvalue weighted by Gasteiger charge is -2.36. The van der Waals surface area contributed by atoms with Crippen LogP contribution in [0.25, 0.3) is 0 Å². The molecule has 1 unspecified atom stereocenters. The van der Waals surface area contributed by atoms with E-state index in [0.717, 1.165) is 0 Å². The van der Waals surface area contributed by atoms with Crippen LogP contribution in [0.1, 0.15) is 41.0 Å². The number of hydrogen-bond acceptors (Lipinski definition) is 4. The molecule has 0 aliphatic carbocycles. The molecule has 0 aromatic carbocycles. The molecule has 0 spiro atoms. The van der Waals surface area contributed by atoms with Gasteiger partial charge in [0.05, 0.1) is 11.2 Å². The first-order valence-electron chi connectivity index (χ1n) is 4.58. The summed E-state index contributed by atoms with van der Waals surface area (Å²) in [4.78, 5) is 11.4. The van der Waals surface area contributed by atoms with E-state index in [9.17, 15) is 20.1 Å². The lowest BCUT2D eigenvalue weighted by Crippen LogP contribution is -2.51. The Morgan fingerprint density at radius 3 is 1.57 bits per heavy atom. The number of carbonyl (C=O) groups excluding carboxylic acids is 1. The highest BCUT2D eigenvalue weighted by molar-refractivity contribution is 5.87. The summed E-state index contributed by atoms with van der Waals surface area (Å²) in [5.74, 6) is -0.496. The van der Waals surface area contributed by atoms with Crippen molar-refractivity contribution < 1.29 is 20.1 Å². The van der Waals surface area contributed by atoms with Gasteiger partial charge in [0.1, 0.15) is 5.60 Å². The SMILES string of the molecule is CC(C)(O)C(=O)CC(C)(O)C(C)(C)O. The molecule has 0 rings (SSSR count). The minimum absolute atomic E-state index is 0.278. The number of aliphatic hydroxyl groups is 3. The van der Waals surface area contributed by atoms with E-state index < -0.39 is 22.6 Å². The molecule has 0 aliphatic heterocycles. The molecule has 14 heavy (non-hydrogen) atoms. The monoisotopic (exact) mass is 204 g/mol. The maximum atomic E-state index is 11.4. The van der Waals surface area contributed by atoms with Gasteiger partial charge in [0.15, 0.2) is 5.78 Å². The summed E-state index contributed by atoms with van der Waals surface area (Å²) in [6.45, 7) is 6.93. The van der Waals surface area contributed by atoms with Crippen molar-refractivity contribution in [2.24, 2.45) is 0 Å². The molecule has 4 nitrogen and oxygen atoms in total. The third-order valence-electron chi connectivity index (χ3n) is 2.51. The van der Waals surface area contributed by atoms with E-state index in [0.29, 0.717) is 0 Å². The lowest BCUT2D eigenvalue weighted by atomic mass is 9.81. The van der Waals surface area contributed by atoms with Crippen LogP contribution in [0.4, 0.5) is 0 Å². The molecule has 0 saturated heterocycles. The Morgan fingerprint density at radius 2 is 1.36 bits per heavy atom. The van der Waals surface area contributed by atoms with Gasteiger partial charge in [-0.25, -0.2) is 0 Å². The van der Waals surface area contributed by atoms with E-state index >= 15 is 0 Å². The Hall–Kier alpha value is -0.450. The van der Waals surface area contributed by atoms with Crippen LogP contribution >= 0.6 is 0 Å². The summed E-state index contributed by atoms with van der Waals surface area (Å²) < 4.78 is 0. The van der Waals surface area contributed by atoms with Gasteiger partial charge in [0.25, 0.3) is 0 Å². The van der Waals surface area contributed by atoms with Crippen LogP contribution in [0.15, 0.2) is 0 Å². The third kappa shape index (κ3) is 3.36. The molecule has 0 saturated carbocycles. The Morgan fingerprint density at radius 1 is 1.00 bits per heavy atom. The van der Waals surface area contributed by atoms with Gasteiger partial charge in [0.2, 0.25) is 0 Å². The predicted molar refractivity (Wildman–Crippen MR) is 52.8 cm³/mol. The minimum atomic E-state index is -1.54. The summed E-state index contributed by atoms with van der Waals surface area (Å²) in [7, 11) is 0. The molecule has 0 heterocycles. The minimum Gasteiger partial charge on any atom is -0.387 e. The van der Waals surface area contributed by atoms with Crippen molar-refractivity contribution in [3.8, 4) is 0 Å². The standard InChI is InChI=1S/C10H20O4/c1-8(2,12)7(11)6-10(5,14)9(3,4)13/h12-14H,6H2,1-5H3. The molecule has 0 amide bonds. The van der Waals surface area contributed by atoms with E-state index in [4.69, 9.17) is 0 Å². The van der Waals surface area contributed by atoms with Crippen LogP contribution in [0.5, 0.6) is 0 Å². The Bertz CT molecular complexity index is 217. The predicted octanol–water partition coefficient (Wildman–Crippen LogP) is 0.238. The first-order valence-corrected chi connectivity index (χ1v) is 4.58. The highest BCUT2D eigenvalue weighted by Crippen LogP contribution is 2.26. The summed E-state index contributed by atoms with van der Waals surface area (Å²) >= 11 is 0. The molecule has 0 bridgehead atoms. The Balaban J connectivity index is 4.62. The van der Waals surface area contributed by atoms with Gasteiger partial charge in [0, 0.05) is 6.42 Å². The molecule has 84 valence electrons. The second-order valence-corrected chi connectivity index (χ2v) is 4.99. The van der Waals surface area contributed by atoms with Crippen LogP contribution < -0.4 is 0 Å². The number of ketones is 1. The Kier molecular flexibility index (Phi) is 3.49. The largest absolute Gasteiger partial charge is 0.387 e. The molecule has 0 fully saturated rings. The summed E-state index contributed by atoms with van der Waals surface area (Å²) in [6.07, 6.45) is -0.278. The van der Waals surface area contributed by atoms with Crippen molar-refractivity contribution in [1.82, 2.24) is 0 Å². The van der Waals surface area contributed by atoms with E-state index in [1.165, 1.54) is 34.6 Å². The van der Waals surface area contributed by atoms with Crippen LogP contribution in [-0.2, 0) is 4.79 Å². The maximum absolute atomic E-state index is 11.4. The van der Waals surface area contributed by atoms with Crippen molar-refractivity contribution in [2.45, 2.75) is 57.8 Å². The molecular weight excluding hydrogens is 184 g/mol. The topological polar surface area (TPSA) is 77.8 Å². The summed E-state index contributed by atoms with van der Waals surface area (Å²) in [5, 5.41) is 28.8. The van der Waals surface area contributed by atoms with Crippen molar-refractivity contribution in [1.29, 1.82) is 0 Å². The molecule has 3 N–H and O–H groups in total. The van der Waals surface area contributed by atoms with E-state index in [1.807, 2.05) is 0 Å². The third-order valence-corrected chi connectivity index (χ3v) is 2.51. The van der Waals surface area contributed by atoms with Gasteiger partial charge in [-0.15, -0.1) is 0 Å². The fourth-order valence-electron chi connectivity index (χ4n) is 0.745. The molecular formula is C10H20O4. The van der Waals surface area contributed by atoms with Gasteiger partial charge in [-0.05, 0) is 34.6 Å². The zero-order chi connectivity index (χ0) is 11.8. The zero-order valence-electron chi connectivity index (χ0n) is 9.46. The smallest absolute Gasteiger partial charge is 0.166 e. The van der Waals surface area contributed by atoms with Crippen LogP contribution in [0, 0.1) is 0 Å². The second kappa shape index (κ2) is 3.61. The van der Waals surface area contributed by atoms with Gasteiger partial charge >= 0.3 is 0 Å². The second-order valence-electron chi connectivity index (χ2n) is 4.99. The fourth-order valence-corrected chi connectivity index (χ4v) is 0.745. The van der Waals surface area contributed by atoms with Gasteiger partial charge in [-0.2, -0.15) is 0 Å². The van der Waals surface area contributed by atoms with Crippen molar-refractivity contribution in [2.75, 3.05) is 0 Å². The zero-order valence-corrected chi connectivity index (χ0v) is 9.46. The highest BCUT2D eigenvalue weighted by Gasteiger charge is 2.41. The van der Waals surface area contributed by atoms with Gasteiger partial charge in [-0.1, -0.05) is 0 Å². The van der Waals surface area contributed by atoms with Crippen LogP contribution in [0.2, 0.25) is 0 Å². The average Bonchev–Trinajstić information content (AvgIpc) is 1.80. The molecule has 0 aromatic heterocycles. The Labute approximate surface area is 84.6 Å². The summed E-state index contributed by atoms with van der Waals surface area (Å²) in [6, 6.07) is 0. The molecule has 0 aliphatic rings. The van der Waals surface area contributed by atoms with Crippen molar-refractivity contribution in [3.63, 3.8) is 0 Å². The number of carbonyl (C=O) groups is 1. The lowest BCUT2D eigenvalue weighted by molar-refractivity contribution is -0.155. The van der Waals surface area contributed by atoms with Crippen molar-refractivity contribution >= 4 is 5.78 Å². The number of hydrogen-bond donors (Lipinski definition) is 3. The van der Waals surface area contributed by atoms with E-state index in [2.05, 4.69) is 0 Å². The molecule has 4 heteroatoms. The quantitative estimate of drug-likeness (QED) is 0.613. The first kappa shape index (κ1) is 13.5. The van der Waals surface area contributed by atoms with E-state index in [1.54, 1.807) is 0 Å². The maximum Gasteiger partial charge on any atom is 0.166 e. The molecule has 1 atom stereocenters. The average molecular weight is 204 g/mol. The first-order chi connectivity index (χ1) is 5.88. The summed E-state index contributed by atoms with van der Waals surface area (Å²) in [5.41, 5.74) is -4.40. The van der Waals surface area contributed by atoms with E-state index in [-0.39, 0.29) is 6.42 Å². The fraction of sp³-hybridized carbons (Fsp3) is 0.900. The normalized spacial score (nSPS) is 17.7. The van der Waals surface area contributed by atoms with Gasteiger partial charge in [-0.3, -0.25) is 4.79 Å². The van der Waals surface area contributed by atoms with Crippen LogP contribution in [0.3, 0.4) is 0 Å². The van der Waals surface area contributed by atoms with Crippen molar-refractivity contribution in [3.05, 3.63) is 0 Å². The van der Waals surface area contributed by atoms with Crippen LogP contribution in [-0.4, -0.2) is 37.9 Å². The highest BCUT2D eigenvalue weighted by atomic mass is 16.4. The van der Waals surface area contributed by atoms with Gasteiger partial charge < -0.3 is 15.3 Å².